The Balaban J connectivity index is 1.57. The van der Waals surface area contributed by atoms with Gasteiger partial charge in [0.25, 0.3) is 0 Å². The van der Waals surface area contributed by atoms with Crippen LogP contribution >= 0.6 is 11.6 Å². The number of halogens is 1. The summed E-state index contributed by atoms with van der Waals surface area (Å²) in [7, 11) is 0. The summed E-state index contributed by atoms with van der Waals surface area (Å²) in [4.78, 5) is 17.6. The Kier molecular flexibility index (Phi) is 7.96. The summed E-state index contributed by atoms with van der Waals surface area (Å²) in [5, 5.41) is 10.7. The lowest BCUT2D eigenvalue weighted by atomic mass is 9.94. The van der Waals surface area contributed by atoms with Crippen LogP contribution in [0.5, 0.6) is 5.75 Å². The standard InChI is InChI=1S/C24H31ClN2O2/c1-2-3-13-27(17-19-7-5-4-6-8-19)24(29)20-11-14-26(15-12-20)18-21-16-22(25)9-10-23(21)28/h4-10,16,20,28H,2-3,11-15,17-18H2,1H3. The molecule has 0 atom stereocenters. The molecule has 0 aliphatic carbocycles. The molecule has 0 unspecified atom stereocenters. The number of hydrogen-bond donors (Lipinski definition) is 1. The minimum Gasteiger partial charge on any atom is -0.508 e. The van der Waals surface area contributed by atoms with Crippen molar-refractivity contribution in [2.75, 3.05) is 19.6 Å². The highest BCUT2D eigenvalue weighted by atomic mass is 35.5. The number of amides is 1. The number of carbonyl (C=O) groups excluding carboxylic acids is 1. The van der Waals surface area contributed by atoms with E-state index < -0.39 is 0 Å². The molecule has 2 aromatic rings. The van der Waals surface area contributed by atoms with E-state index in [1.165, 1.54) is 5.56 Å². The van der Waals surface area contributed by atoms with Crippen molar-refractivity contribution in [3.8, 4) is 5.75 Å². The number of aromatic hydroxyl groups is 1. The lowest BCUT2D eigenvalue weighted by molar-refractivity contribution is -0.137. The minimum absolute atomic E-state index is 0.0831. The van der Waals surface area contributed by atoms with Crippen molar-refractivity contribution in [3.63, 3.8) is 0 Å². The van der Waals surface area contributed by atoms with Crippen molar-refractivity contribution >= 4 is 17.5 Å². The number of rotatable bonds is 8. The van der Waals surface area contributed by atoms with Crippen LogP contribution in [-0.4, -0.2) is 40.4 Å². The first-order valence-corrected chi connectivity index (χ1v) is 11.0. The first-order chi connectivity index (χ1) is 14.1. The van der Waals surface area contributed by atoms with Gasteiger partial charge >= 0.3 is 0 Å². The van der Waals surface area contributed by atoms with Crippen molar-refractivity contribution in [2.24, 2.45) is 5.92 Å². The molecule has 2 aromatic carbocycles. The predicted octanol–water partition coefficient (Wildman–Crippen LogP) is 5.09. The summed E-state index contributed by atoms with van der Waals surface area (Å²) in [6.45, 7) is 6.05. The van der Waals surface area contributed by atoms with E-state index in [1.54, 1.807) is 12.1 Å². The Hall–Kier alpha value is -2.04. The summed E-state index contributed by atoms with van der Waals surface area (Å²) in [6, 6.07) is 15.4. The minimum atomic E-state index is 0.0831. The SMILES string of the molecule is CCCCN(Cc1ccccc1)C(=O)C1CCN(Cc2cc(Cl)ccc2O)CC1. The average Bonchev–Trinajstić information content (AvgIpc) is 2.74. The van der Waals surface area contributed by atoms with Gasteiger partial charge in [0, 0.05) is 36.1 Å². The molecule has 1 saturated heterocycles. The zero-order valence-corrected chi connectivity index (χ0v) is 17.9. The predicted molar refractivity (Wildman–Crippen MR) is 118 cm³/mol. The zero-order valence-electron chi connectivity index (χ0n) is 17.2. The summed E-state index contributed by atoms with van der Waals surface area (Å²) in [5.41, 5.74) is 2.03. The van der Waals surface area contributed by atoms with Gasteiger partial charge in [-0.05, 0) is 56.1 Å². The summed E-state index contributed by atoms with van der Waals surface area (Å²) >= 11 is 6.06. The molecule has 1 amide bonds. The highest BCUT2D eigenvalue weighted by Gasteiger charge is 2.28. The van der Waals surface area contributed by atoms with Gasteiger partial charge in [0.05, 0.1) is 0 Å². The van der Waals surface area contributed by atoms with Gasteiger partial charge in [0.1, 0.15) is 5.75 Å². The van der Waals surface area contributed by atoms with E-state index in [0.717, 1.165) is 50.9 Å². The van der Waals surface area contributed by atoms with Crippen LogP contribution in [0.2, 0.25) is 5.02 Å². The third-order valence-electron chi connectivity index (χ3n) is 5.68. The Bertz CT molecular complexity index is 789. The van der Waals surface area contributed by atoms with Crippen LogP contribution in [0.4, 0.5) is 0 Å². The second-order valence-corrected chi connectivity index (χ2v) is 8.36. The zero-order chi connectivity index (χ0) is 20.6. The fourth-order valence-electron chi connectivity index (χ4n) is 3.94. The Labute approximate surface area is 179 Å². The van der Waals surface area contributed by atoms with E-state index in [-0.39, 0.29) is 17.6 Å². The number of unbranched alkanes of at least 4 members (excludes halogenated alkanes) is 1. The van der Waals surface area contributed by atoms with Gasteiger partial charge in [0.2, 0.25) is 5.91 Å². The number of likely N-dealkylation sites (tertiary alicyclic amines) is 1. The van der Waals surface area contributed by atoms with E-state index in [1.807, 2.05) is 29.2 Å². The second-order valence-electron chi connectivity index (χ2n) is 7.92. The largest absolute Gasteiger partial charge is 0.508 e. The molecule has 1 aliphatic rings. The van der Waals surface area contributed by atoms with E-state index in [2.05, 4.69) is 24.0 Å². The monoisotopic (exact) mass is 414 g/mol. The molecule has 0 spiro atoms. The molecule has 1 heterocycles. The molecule has 0 aromatic heterocycles. The fourth-order valence-corrected chi connectivity index (χ4v) is 4.13. The highest BCUT2D eigenvalue weighted by molar-refractivity contribution is 6.30. The Morgan fingerprint density at radius 2 is 1.90 bits per heavy atom. The number of phenolic OH excluding ortho intramolecular Hbond substituents is 1. The van der Waals surface area contributed by atoms with Gasteiger partial charge in [-0.25, -0.2) is 0 Å². The van der Waals surface area contributed by atoms with Crippen LogP contribution < -0.4 is 0 Å². The molecule has 29 heavy (non-hydrogen) atoms. The van der Waals surface area contributed by atoms with Crippen molar-refractivity contribution in [1.82, 2.24) is 9.80 Å². The normalized spacial score (nSPS) is 15.4. The molecule has 5 heteroatoms. The van der Waals surface area contributed by atoms with E-state index in [9.17, 15) is 9.90 Å². The first kappa shape index (κ1) is 21.7. The van der Waals surface area contributed by atoms with Crippen LogP contribution in [0.25, 0.3) is 0 Å². The quantitative estimate of drug-likeness (QED) is 0.654. The van der Waals surface area contributed by atoms with E-state index >= 15 is 0 Å². The molecule has 0 saturated carbocycles. The Morgan fingerprint density at radius 1 is 1.17 bits per heavy atom. The van der Waals surface area contributed by atoms with E-state index in [4.69, 9.17) is 11.6 Å². The molecule has 0 bridgehead atoms. The summed E-state index contributed by atoms with van der Waals surface area (Å²) < 4.78 is 0. The highest BCUT2D eigenvalue weighted by Crippen LogP contribution is 2.26. The van der Waals surface area contributed by atoms with Crippen LogP contribution in [-0.2, 0) is 17.9 Å². The molecular formula is C24H31ClN2O2. The van der Waals surface area contributed by atoms with Crippen LogP contribution in [0, 0.1) is 5.92 Å². The van der Waals surface area contributed by atoms with Crippen LogP contribution in [0.3, 0.4) is 0 Å². The second kappa shape index (κ2) is 10.7. The third-order valence-corrected chi connectivity index (χ3v) is 5.92. The first-order valence-electron chi connectivity index (χ1n) is 10.6. The van der Waals surface area contributed by atoms with Gasteiger partial charge in [-0.15, -0.1) is 0 Å². The number of phenols is 1. The molecule has 0 radical (unpaired) electrons. The third kappa shape index (κ3) is 6.22. The molecule has 1 N–H and O–H groups in total. The van der Waals surface area contributed by atoms with Crippen LogP contribution in [0.1, 0.15) is 43.7 Å². The maximum Gasteiger partial charge on any atom is 0.226 e. The molecule has 156 valence electrons. The smallest absolute Gasteiger partial charge is 0.226 e. The number of hydrogen-bond acceptors (Lipinski definition) is 3. The topological polar surface area (TPSA) is 43.8 Å². The molecule has 1 fully saturated rings. The fraction of sp³-hybridized carbons (Fsp3) is 0.458. The number of carbonyl (C=O) groups is 1. The summed E-state index contributed by atoms with van der Waals surface area (Å²) in [6.07, 6.45) is 3.83. The maximum atomic E-state index is 13.2. The average molecular weight is 415 g/mol. The van der Waals surface area contributed by atoms with Crippen LogP contribution in [0.15, 0.2) is 48.5 Å². The number of nitrogens with zero attached hydrogens (tertiary/aromatic N) is 2. The van der Waals surface area contributed by atoms with Gasteiger partial charge in [-0.1, -0.05) is 55.3 Å². The van der Waals surface area contributed by atoms with Gasteiger partial charge in [0.15, 0.2) is 0 Å². The lowest BCUT2D eigenvalue weighted by Gasteiger charge is -2.34. The summed E-state index contributed by atoms with van der Waals surface area (Å²) in [5.74, 6) is 0.647. The number of piperidine rings is 1. The van der Waals surface area contributed by atoms with E-state index in [0.29, 0.717) is 18.1 Å². The van der Waals surface area contributed by atoms with Gasteiger partial charge in [-0.2, -0.15) is 0 Å². The number of benzene rings is 2. The molecular weight excluding hydrogens is 384 g/mol. The van der Waals surface area contributed by atoms with Crippen molar-refractivity contribution in [1.29, 1.82) is 0 Å². The molecule has 3 rings (SSSR count). The van der Waals surface area contributed by atoms with Crippen molar-refractivity contribution < 1.29 is 9.90 Å². The lowest BCUT2D eigenvalue weighted by Crippen LogP contribution is -2.42. The van der Waals surface area contributed by atoms with Gasteiger partial charge < -0.3 is 10.0 Å². The molecule has 1 aliphatic heterocycles. The van der Waals surface area contributed by atoms with Crippen molar-refractivity contribution in [3.05, 3.63) is 64.7 Å². The maximum absolute atomic E-state index is 13.2. The Morgan fingerprint density at radius 3 is 2.59 bits per heavy atom. The van der Waals surface area contributed by atoms with Gasteiger partial charge in [-0.3, -0.25) is 9.69 Å². The molecule has 4 nitrogen and oxygen atoms in total. The van der Waals surface area contributed by atoms with Crippen molar-refractivity contribution in [2.45, 2.75) is 45.7 Å².